The first kappa shape index (κ1) is 15.5. The Morgan fingerprint density at radius 2 is 1.90 bits per heavy atom. The second-order valence-corrected chi connectivity index (χ2v) is 6.19. The van der Waals surface area contributed by atoms with Crippen molar-refractivity contribution in [2.24, 2.45) is 0 Å². The quantitative estimate of drug-likeness (QED) is 0.805. The molecule has 1 N–H and O–H groups in total. The third kappa shape index (κ3) is 4.05. The van der Waals surface area contributed by atoms with Gasteiger partial charge in [0.2, 0.25) is 16.9 Å². The van der Waals surface area contributed by atoms with Crippen LogP contribution in [0.4, 0.5) is 0 Å². The lowest BCUT2D eigenvalue weighted by Gasteiger charge is -2.04. The van der Waals surface area contributed by atoms with Crippen molar-refractivity contribution >= 4 is 29.1 Å². The number of aryl methyl sites for hydroxylation is 1. The minimum atomic E-state index is -0.877. The molecular formula is C12H13N3O4S2. The average Bonchev–Trinajstić information content (AvgIpc) is 2.77. The molecule has 0 aliphatic carbocycles. The first-order valence-corrected chi connectivity index (χ1v) is 7.48. The Hall–Kier alpha value is -1.87. The fraction of sp³-hybridized carbons (Fsp3) is 0.333. The zero-order valence-corrected chi connectivity index (χ0v) is 13.2. The Labute approximate surface area is 129 Å². The molecule has 2 aromatic heterocycles. The highest BCUT2D eigenvalue weighted by atomic mass is 32.2. The molecule has 0 saturated heterocycles. The molecule has 0 aliphatic heterocycles. The van der Waals surface area contributed by atoms with Crippen LogP contribution in [0.5, 0.6) is 11.8 Å². The molecular weight excluding hydrogens is 314 g/mol. The molecule has 0 fully saturated rings. The van der Waals surface area contributed by atoms with Gasteiger partial charge in [-0.1, -0.05) is 0 Å². The summed E-state index contributed by atoms with van der Waals surface area (Å²) in [5.74, 6) is -0.0932. The molecule has 2 heterocycles. The second kappa shape index (κ2) is 6.72. The van der Waals surface area contributed by atoms with Crippen molar-refractivity contribution in [1.82, 2.24) is 15.0 Å². The van der Waals surface area contributed by atoms with Gasteiger partial charge in [0.15, 0.2) is 4.34 Å². The van der Waals surface area contributed by atoms with Crippen LogP contribution in [0.2, 0.25) is 0 Å². The number of carboxylic acids is 1. The molecule has 0 unspecified atom stereocenters. The van der Waals surface area contributed by atoms with Crippen LogP contribution in [0.25, 0.3) is 0 Å². The molecule has 0 radical (unpaired) electrons. The summed E-state index contributed by atoms with van der Waals surface area (Å²) < 4.78 is 10.8. The highest BCUT2D eigenvalue weighted by molar-refractivity contribution is 8.00. The van der Waals surface area contributed by atoms with Gasteiger partial charge in [0.1, 0.15) is 0 Å². The van der Waals surface area contributed by atoms with Crippen LogP contribution in [-0.4, -0.2) is 40.2 Å². The molecule has 0 amide bonds. The Bertz CT molecular complexity index is 638. The summed E-state index contributed by atoms with van der Waals surface area (Å²) in [6, 6.07) is 1.58. The molecule has 0 bridgehead atoms. The van der Waals surface area contributed by atoms with E-state index in [1.54, 1.807) is 13.0 Å². The van der Waals surface area contributed by atoms with Crippen LogP contribution in [0.3, 0.4) is 0 Å². The second-order valence-electron chi connectivity index (χ2n) is 3.90. The van der Waals surface area contributed by atoms with Gasteiger partial charge in [-0.05, 0) is 18.7 Å². The smallest absolute Gasteiger partial charge is 0.308 e. The maximum atomic E-state index is 10.8. The number of carboxylic acid groups (broad SMARTS) is 1. The highest BCUT2D eigenvalue weighted by Gasteiger charge is 2.14. The fourth-order valence-electron chi connectivity index (χ4n) is 1.46. The van der Waals surface area contributed by atoms with E-state index in [0.717, 1.165) is 4.88 Å². The predicted molar refractivity (Wildman–Crippen MR) is 77.4 cm³/mol. The van der Waals surface area contributed by atoms with Gasteiger partial charge in [-0.25, -0.2) is 4.98 Å². The zero-order chi connectivity index (χ0) is 15.4. The van der Waals surface area contributed by atoms with Crippen molar-refractivity contribution in [3.05, 3.63) is 16.6 Å². The normalized spacial score (nSPS) is 10.4. The monoisotopic (exact) mass is 327 g/mol. The summed E-state index contributed by atoms with van der Waals surface area (Å²) in [7, 11) is 3.02. The minimum absolute atomic E-state index is 0.0354. The molecule has 0 aliphatic rings. The van der Waals surface area contributed by atoms with E-state index in [1.807, 2.05) is 0 Å². The molecule has 21 heavy (non-hydrogen) atoms. The van der Waals surface area contributed by atoms with Crippen molar-refractivity contribution in [3.8, 4) is 11.8 Å². The van der Waals surface area contributed by atoms with Crippen LogP contribution < -0.4 is 9.47 Å². The number of nitrogens with zero attached hydrogens (tertiary/aromatic N) is 3. The van der Waals surface area contributed by atoms with E-state index in [1.165, 1.54) is 37.3 Å². The molecule has 7 nitrogen and oxygen atoms in total. The number of methoxy groups -OCH3 is 2. The lowest BCUT2D eigenvalue weighted by Crippen LogP contribution is -1.99. The molecule has 9 heteroatoms. The third-order valence-electron chi connectivity index (χ3n) is 2.44. The average molecular weight is 327 g/mol. The van der Waals surface area contributed by atoms with E-state index in [4.69, 9.17) is 14.6 Å². The number of rotatable bonds is 6. The molecule has 2 aromatic rings. The van der Waals surface area contributed by atoms with Gasteiger partial charge in [0, 0.05) is 4.88 Å². The van der Waals surface area contributed by atoms with Gasteiger partial charge in [0.05, 0.1) is 32.4 Å². The zero-order valence-electron chi connectivity index (χ0n) is 11.6. The molecule has 0 saturated carbocycles. The van der Waals surface area contributed by atoms with Gasteiger partial charge in [0.25, 0.3) is 0 Å². The fourth-order valence-corrected chi connectivity index (χ4v) is 3.55. The van der Waals surface area contributed by atoms with Gasteiger partial charge >= 0.3 is 5.97 Å². The van der Waals surface area contributed by atoms with E-state index in [0.29, 0.717) is 26.9 Å². The van der Waals surface area contributed by atoms with Crippen LogP contribution >= 0.6 is 23.1 Å². The van der Waals surface area contributed by atoms with Crippen molar-refractivity contribution in [2.45, 2.75) is 22.8 Å². The van der Waals surface area contributed by atoms with Gasteiger partial charge in [-0.15, -0.1) is 11.3 Å². The maximum absolute atomic E-state index is 10.8. The summed E-state index contributed by atoms with van der Waals surface area (Å²) >= 11 is 2.56. The minimum Gasteiger partial charge on any atom is -0.481 e. The lowest BCUT2D eigenvalue weighted by atomic mass is 10.3. The van der Waals surface area contributed by atoms with Crippen LogP contribution in [-0.2, 0) is 11.2 Å². The molecule has 112 valence electrons. The molecule has 0 spiro atoms. The largest absolute Gasteiger partial charge is 0.481 e. The maximum Gasteiger partial charge on any atom is 0.308 e. The van der Waals surface area contributed by atoms with E-state index >= 15 is 0 Å². The summed E-state index contributed by atoms with van der Waals surface area (Å²) in [4.78, 5) is 24.2. The van der Waals surface area contributed by atoms with Crippen molar-refractivity contribution in [1.29, 1.82) is 0 Å². The predicted octanol–water partition coefficient (Wildman–Crippen LogP) is 2.04. The van der Waals surface area contributed by atoms with E-state index < -0.39 is 5.97 Å². The van der Waals surface area contributed by atoms with Crippen molar-refractivity contribution in [3.63, 3.8) is 0 Å². The van der Waals surface area contributed by atoms with E-state index in [2.05, 4.69) is 15.0 Å². The van der Waals surface area contributed by atoms with E-state index in [9.17, 15) is 4.79 Å². The van der Waals surface area contributed by atoms with Gasteiger partial charge in [-0.2, -0.15) is 9.97 Å². The number of aliphatic carboxylic acids is 1. The Morgan fingerprint density at radius 3 is 2.43 bits per heavy atom. The number of ether oxygens (including phenoxy) is 2. The first-order chi connectivity index (χ1) is 10.0. The summed E-state index contributed by atoms with van der Waals surface area (Å²) in [6.45, 7) is 1.78. The molecule has 0 aromatic carbocycles. The van der Waals surface area contributed by atoms with E-state index in [-0.39, 0.29) is 6.42 Å². The highest BCUT2D eigenvalue weighted by Crippen LogP contribution is 2.33. The van der Waals surface area contributed by atoms with Crippen molar-refractivity contribution in [2.75, 3.05) is 14.2 Å². The number of hydrogen-bond acceptors (Lipinski definition) is 8. The summed E-state index contributed by atoms with van der Waals surface area (Å²) in [5.41, 5.74) is 0.708. The standard InChI is InChI=1S/C12H13N3O4S2/c1-6-7(4-10(16)17)20-12(13-6)21-11-14-8(18-2)5-9(15-11)19-3/h5H,4H2,1-3H3,(H,16,17). The van der Waals surface area contributed by atoms with Gasteiger partial charge < -0.3 is 14.6 Å². The summed E-state index contributed by atoms with van der Waals surface area (Å²) in [6.07, 6.45) is -0.0354. The number of thiazole rings is 1. The molecule has 2 rings (SSSR count). The van der Waals surface area contributed by atoms with Crippen LogP contribution in [0.1, 0.15) is 10.6 Å². The van der Waals surface area contributed by atoms with Crippen molar-refractivity contribution < 1.29 is 19.4 Å². The number of carbonyl (C=O) groups is 1. The van der Waals surface area contributed by atoms with Crippen LogP contribution in [0.15, 0.2) is 15.6 Å². The lowest BCUT2D eigenvalue weighted by molar-refractivity contribution is -0.136. The Kier molecular flexibility index (Phi) is 4.97. The Balaban J connectivity index is 2.23. The molecule has 0 atom stereocenters. The number of aromatic nitrogens is 3. The van der Waals surface area contributed by atoms with Gasteiger partial charge in [-0.3, -0.25) is 4.79 Å². The summed E-state index contributed by atoms with van der Waals surface area (Å²) in [5, 5.41) is 9.27. The third-order valence-corrected chi connectivity index (χ3v) is 4.52. The SMILES string of the molecule is COc1cc(OC)nc(Sc2nc(C)c(CC(=O)O)s2)n1. The number of hydrogen-bond donors (Lipinski definition) is 1. The Morgan fingerprint density at radius 1 is 1.29 bits per heavy atom. The first-order valence-electron chi connectivity index (χ1n) is 5.85. The topological polar surface area (TPSA) is 94.4 Å². The van der Waals surface area contributed by atoms with Crippen LogP contribution in [0, 0.1) is 6.92 Å².